The second-order valence-electron chi connectivity index (χ2n) is 5.39. The minimum absolute atomic E-state index is 0.132. The Labute approximate surface area is 147 Å². The minimum Gasteiger partial charge on any atom is -0.337 e. The summed E-state index contributed by atoms with van der Waals surface area (Å²) in [6, 6.07) is -2.48. The van der Waals surface area contributed by atoms with E-state index in [0.717, 1.165) is 11.4 Å². The highest BCUT2D eigenvalue weighted by Crippen LogP contribution is 2.00. The lowest BCUT2D eigenvalue weighted by molar-refractivity contribution is 0.107. The molecule has 0 rings (SSSR count). The summed E-state index contributed by atoms with van der Waals surface area (Å²) in [5.74, 6) is 0. The standard InChI is InChI=1S/C14H27N7O4/c1-5-7-9-20(16-10-22)14(25)21(18-12(23)15-8-6-2)19-13(24)17-11(3)4/h11H,5-9H2,1-4H3,(H2,15,18,23)(H2,17,19,24). The Morgan fingerprint density at radius 1 is 1.08 bits per heavy atom. The number of isocyanates is 1. The minimum atomic E-state index is -0.901. The number of hydrazone groups is 1. The van der Waals surface area contributed by atoms with Crippen molar-refractivity contribution >= 4 is 24.2 Å². The van der Waals surface area contributed by atoms with Crippen LogP contribution in [0.2, 0.25) is 0 Å². The third kappa shape index (κ3) is 9.82. The summed E-state index contributed by atoms with van der Waals surface area (Å²) < 4.78 is 0. The second-order valence-corrected chi connectivity index (χ2v) is 5.39. The summed E-state index contributed by atoms with van der Waals surface area (Å²) in [4.78, 5) is 46.6. The lowest BCUT2D eigenvalue weighted by Gasteiger charge is -2.27. The molecule has 6 amide bonds. The summed E-state index contributed by atoms with van der Waals surface area (Å²) in [7, 11) is 0. The highest BCUT2D eigenvalue weighted by Gasteiger charge is 2.24. The SMILES string of the molecule is CCCCN(N=C=O)C(=O)N(NC(=O)NCCC)NC(=O)NC(C)C. The first-order valence-electron chi connectivity index (χ1n) is 8.16. The molecule has 0 saturated carbocycles. The zero-order chi connectivity index (χ0) is 19.2. The van der Waals surface area contributed by atoms with E-state index in [0.29, 0.717) is 24.5 Å². The molecule has 0 aliphatic rings. The fourth-order valence-corrected chi connectivity index (χ4v) is 1.56. The summed E-state index contributed by atoms with van der Waals surface area (Å²) in [5, 5.41) is 9.71. The molecule has 0 bridgehead atoms. The van der Waals surface area contributed by atoms with Gasteiger partial charge in [0.05, 0.1) is 0 Å². The Bertz CT molecular complexity index is 492. The maximum atomic E-state index is 12.5. The van der Waals surface area contributed by atoms with Crippen LogP contribution in [-0.4, -0.2) is 53.4 Å². The second kappa shape index (κ2) is 12.6. The van der Waals surface area contributed by atoms with E-state index in [1.54, 1.807) is 13.8 Å². The topological polar surface area (TPSA) is 135 Å². The normalized spacial score (nSPS) is 9.64. The predicted molar refractivity (Wildman–Crippen MR) is 90.6 cm³/mol. The van der Waals surface area contributed by atoms with E-state index in [9.17, 15) is 19.2 Å². The quantitative estimate of drug-likeness (QED) is 0.307. The van der Waals surface area contributed by atoms with Crippen LogP contribution in [0.5, 0.6) is 0 Å². The molecule has 0 spiro atoms. The first-order chi connectivity index (χ1) is 11.8. The fourth-order valence-electron chi connectivity index (χ4n) is 1.56. The van der Waals surface area contributed by atoms with Crippen LogP contribution in [0, 0.1) is 0 Å². The number of carbonyl (C=O) groups excluding carboxylic acids is 4. The molecular weight excluding hydrogens is 330 g/mol. The van der Waals surface area contributed by atoms with Crippen molar-refractivity contribution in [3.63, 3.8) is 0 Å². The van der Waals surface area contributed by atoms with Crippen LogP contribution in [0.3, 0.4) is 0 Å². The first-order valence-corrected chi connectivity index (χ1v) is 8.16. The Balaban J connectivity index is 5.16. The van der Waals surface area contributed by atoms with Gasteiger partial charge in [0.1, 0.15) is 0 Å². The van der Waals surface area contributed by atoms with Crippen LogP contribution in [-0.2, 0) is 4.79 Å². The third-order valence-corrected chi connectivity index (χ3v) is 2.68. The number of hydrazine groups is 2. The van der Waals surface area contributed by atoms with Gasteiger partial charge in [-0.25, -0.2) is 35.0 Å². The third-order valence-electron chi connectivity index (χ3n) is 2.68. The molecule has 11 nitrogen and oxygen atoms in total. The molecule has 0 aliphatic carbocycles. The predicted octanol–water partition coefficient (Wildman–Crippen LogP) is 1.01. The number of unbranched alkanes of at least 4 members (excludes halogenated alkanes) is 1. The number of nitrogens with one attached hydrogen (secondary N) is 4. The lowest BCUT2D eigenvalue weighted by Crippen LogP contribution is -2.62. The number of hydrogen-bond donors (Lipinski definition) is 4. The summed E-state index contributed by atoms with van der Waals surface area (Å²) >= 11 is 0. The molecule has 0 heterocycles. The molecule has 0 saturated heterocycles. The van der Waals surface area contributed by atoms with Gasteiger partial charge in [0.2, 0.25) is 0 Å². The van der Waals surface area contributed by atoms with E-state index in [4.69, 9.17) is 0 Å². The van der Waals surface area contributed by atoms with Crippen molar-refractivity contribution in [2.45, 2.75) is 53.0 Å². The van der Waals surface area contributed by atoms with Crippen molar-refractivity contribution in [2.24, 2.45) is 5.10 Å². The van der Waals surface area contributed by atoms with Gasteiger partial charge in [-0.2, -0.15) is 0 Å². The molecule has 0 radical (unpaired) electrons. The van der Waals surface area contributed by atoms with Gasteiger partial charge in [-0.15, -0.1) is 5.12 Å². The number of urea groups is 3. The molecule has 0 fully saturated rings. The van der Waals surface area contributed by atoms with Gasteiger partial charge in [-0.3, -0.25) is 0 Å². The van der Waals surface area contributed by atoms with Crippen LogP contribution in [0.15, 0.2) is 5.10 Å². The average Bonchev–Trinajstić information content (AvgIpc) is 2.54. The molecule has 25 heavy (non-hydrogen) atoms. The van der Waals surface area contributed by atoms with Gasteiger partial charge in [0.15, 0.2) is 0 Å². The highest BCUT2D eigenvalue weighted by molar-refractivity contribution is 5.83. The van der Waals surface area contributed by atoms with Gasteiger partial charge in [-0.1, -0.05) is 25.4 Å². The van der Waals surface area contributed by atoms with E-state index in [-0.39, 0.29) is 12.6 Å². The van der Waals surface area contributed by atoms with Crippen LogP contribution in [0.4, 0.5) is 14.4 Å². The summed E-state index contributed by atoms with van der Waals surface area (Å²) in [6.07, 6.45) is 3.31. The van der Waals surface area contributed by atoms with Crippen LogP contribution in [0.1, 0.15) is 47.0 Å². The number of carbonyl (C=O) groups is 3. The van der Waals surface area contributed by atoms with Gasteiger partial charge >= 0.3 is 18.1 Å². The van der Waals surface area contributed by atoms with Gasteiger partial charge in [0.25, 0.3) is 6.08 Å². The zero-order valence-corrected chi connectivity index (χ0v) is 15.1. The molecule has 4 N–H and O–H groups in total. The van der Waals surface area contributed by atoms with Crippen molar-refractivity contribution in [3.05, 3.63) is 0 Å². The molecule has 0 aliphatic heterocycles. The van der Waals surface area contributed by atoms with Crippen molar-refractivity contribution in [1.29, 1.82) is 0 Å². The molecule has 142 valence electrons. The lowest BCUT2D eigenvalue weighted by atomic mass is 10.3. The number of nitrogens with zero attached hydrogens (tertiary/aromatic N) is 3. The van der Waals surface area contributed by atoms with Crippen molar-refractivity contribution in [2.75, 3.05) is 13.1 Å². The van der Waals surface area contributed by atoms with E-state index in [1.807, 2.05) is 13.8 Å². The number of rotatable bonds is 7. The molecule has 0 unspecified atom stereocenters. The first kappa shape index (κ1) is 22.2. The largest absolute Gasteiger partial charge is 0.379 e. The average molecular weight is 357 g/mol. The fraction of sp³-hybridized carbons (Fsp3) is 0.714. The Hall–Kier alpha value is -2.81. The van der Waals surface area contributed by atoms with Crippen LogP contribution < -0.4 is 21.5 Å². The summed E-state index contributed by atoms with van der Waals surface area (Å²) in [5.41, 5.74) is 4.40. The van der Waals surface area contributed by atoms with E-state index >= 15 is 0 Å². The van der Waals surface area contributed by atoms with Crippen molar-refractivity contribution in [1.82, 2.24) is 31.6 Å². The Morgan fingerprint density at radius 2 is 1.72 bits per heavy atom. The monoisotopic (exact) mass is 357 g/mol. The van der Waals surface area contributed by atoms with Gasteiger partial charge < -0.3 is 10.6 Å². The molecule has 0 atom stereocenters. The molecule has 0 aromatic heterocycles. The van der Waals surface area contributed by atoms with Gasteiger partial charge in [-0.05, 0) is 26.7 Å². The van der Waals surface area contributed by atoms with Crippen molar-refractivity contribution < 1.29 is 19.2 Å². The van der Waals surface area contributed by atoms with Crippen LogP contribution in [0.25, 0.3) is 0 Å². The molecular formula is C14H27N7O4. The van der Waals surface area contributed by atoms with Crippen molar-refractivity contribution in [3.8, 4) is 0 Å². The zero-order valence-electron chi connectivity index (χ0n) is 15.1. The van der Waals surface area contributed by atoms with Gasteiger partial charge in [0, 0.05) is 19.1 Å². The number of amides is 6. The van der Waals surface area contributed by atoms with E-state index < -0.39 is 18.1 Å². The highest BCUT2D eigenvalue weighted by atomic mass is 16.2. The smallest absolute Gasteiger partial charge is 0.337 e. The van der Waals surface area contributed by atoms with E-state index in [1.165, 1.54) is 6.08 Å². The van der Waals surface area contributed by atoms with E-state index in [2.05, 4.69) is 26.6 Å². The molecule has 0 aromatic carbocycles. The Morgan fingerprint density at radius 3 is 2.24 bits per heavy atom. The summed E-state index contributed by atoms with van der Waals surface area (Å²) in [6.45, 7) is 7.75. The molecule has 0 aromatic rings. The molecule has 11 heteroatoms. The maximum absolute atomic E-state index is 12.5. The maximum Gasteiger partial charge on any atom is 0.379 e. The number of hydrogen-bond acceptors (Lipinski definition) is 5. The Kier molecular flexibility index (Phi) is 11.2. The van der Waals surface area contributed by atoms with Crippen LogP contribution >= 0.6 is 0 Å².